The van der Waals surface area contributed by atoms with Gasteiger partial charge in [-0.2, -0.15) is 0 Å². The molecule has 3 nitrogen and oxygen atoms in total. The highest BCUT2D eigenvalue weighted by molar-refractivity contribution is 8.00. The highest BCUT2D eigenvalue weighted by atomic mass is 32.2. The molecule has 0 saturated carbocycles. The smallest absolute Gasteiger partial charge is 0.137 e. The normalized spacial score (nSPS) is 12.3. The molecule has 0 fully saturated rings. The monoisotopic (exact) mass is 915 g/mol. The van der Waals surface area contributed by atoms with Crippen molar-refractivity contribution < 1.29 is 0 Å². The summed E-state index contributed by atoms with van der Waals surface area (Å²) in [6, 6.07) is 91.2. The number of nitrogens with zero attached hydrogens (tertiary/aromatic N) is 3. The zero-order valence-electron chi connectivity index (χ0n) is 37.3. The second-order valence-corrected chi connectivity index (χ2v) is 19.8. The van der Waals surface area contributed by atoms with Crippen LogP contribution in [0.4, 0.5) is 34.3 Å². The van der Waals surface area contributed by atoms with Crippen molar-refractivity contribution in [1.82, 2.24) is 4.57 Å². The molecule has 0 atom stereocenters. The maximum absolute atomic E-state index is 2.45. The van der Waals surface area contributed by atoms with Gasteiger partial charge in [0.2, 0.25) is 0 Å². The molecule has 0 aliphatic carbocycles. The molecule has 0 radical (unpaired) electrons. The highest BCUT2D eigenvalue weighted by Crippen LogP contribution is 2.57. The van der Waals surface area contributed by atoms with Crippen LogP contribution in [0.25, 0.3) is 80.6 Å². The summed E-state index contributed by atoms with van der Waals surface area (Å²) in [6.45, 7) is 0. The van der Waals surface area contributed by atoms with Gasteiger partial charge in [0.25, 0.3) is 0 Å². The Morgan fingerprint density at radius 3 is 1.90 bits per heavy atom. The molecule has 0 unspecified atom stereocenters. The molecular weight excluding hydrogens is 875 g/mol. The molecular formula is C64H41N3S2. The van der Waals surface area contributed by atoms with Gasteiger partial charge in [0, 0.05) is 58.9 Å². The zero-order chi connectivity index (χ0) is 45.4. The van der Waals surface area contributed by atoms with Crippen molar-refractivity contribution in [1.29, 1.82) is 0 Å². The maximum Gasteiger partial charge on any atom is 0.137 e. The van der Waals surface area contributed by atoms with Crippen LogP contribution < -0.4 is 9.80 Å². The van der Waals surface area contributed by atoms with E-state index in [2.05, 4.69) is 263 Å². The van der Waals surface area contributed by atoms with Crippen molar-refractivity contribution in [2.24, 2.45) is 0 Å². The van der Waals surface area contributed by atoms with Gasteiger partial charge in [-0.25, -0.2) is 0 Å². The molecule has 0 bridgehead atoms. The fourth-order valence-electron chi connectivity index (χ4n) is 10.6. The van der Waals surface area contributed by atoms with Gasteiger partial charge in [-0.1, -0.05) is 163 Å². The van der Waals surface area contributed by atoms with E-state index in [4.69, 9.17) is 0 Å². The number of hydrogen-bond acceptors (Lipinski definition) is 4. The van der Waals surface area contributed by atoms with E-state index < -0.39 is 0 Å². The topological polar surface area (TPSA) is 11.4 Å². The quantitative estimate of drug-likeness (QED) is 0.148. The molecule has 2 aromatic heterocycles. The Hall–Kier alpha value is -8.35. The Morgan fingerprint density at radius 1 is 0.377 bits per heavy atom. The van der Waals surface area contributed by atoms with Crippen molar-refractivity contribution in [2.75, 3.05) is 9.80 Å². The Morgan fingerprint density at radius 2 is 1.03 bits per heavy atom. The third kappa shape index (κ3) is 6.57. The first kappa shape index (κ1) is 39.8. The summed E-state index contributed by atoms with van der Waals surface area (Å²) in [5, 5.41) is 8.83. The van der Waals surface area contributed by atoms with Gasteiger partial charge in [0.05, 0.1) is 16.1 Å². The summed E-state index contributed by atoms with van der Waals surface area (Å²) < 4.78 is 5.06. The Labute approximate surface area is 408 Å². The number of benzene rings is 11. The molecule has 14 rings (SSSR count). The lowest BCUT2D eigenvalue weighted by molar-refractivity contribution is 1.03. The predicted molar refractivity (Wildman–Crippen MR) is 296 cm³/mol. The van der Waals surface area contributed by atoms with Crippen LogP contribution in [-0.2, 0) is 0 Å². The van der Waals surface area contributed by atoms with Gasteiger partial charge in [-0.05, 0) is 141 Å². The largest absolute Gasteiger partial charge is 0.310 e. The van der Waals surface area contributed by atoms with Gasteiger partial charge >= 0.3 is 0 Å². The average molecular weight is 916 g/mol. The second-order valence-electron chi connectivity index (χ2n) is 17.7. The number of rotatable bonds is 7. The van der Waals surface area contributed by atoms with Gasteiger partial charge in [0.1, 0.15) is 5.82 Å². The zero-order valence-corrected chi connectivity index (χ0v) is 39.0. The minimum absolute atomic E-state index is 1.10. The molecule has 11 aromatic carbocycles. The van der Waals surface area contributed by atoms with Crippen LogP contribution in [-0.4, -0.2) is 4.57 Å². The van der Waals surface area contributed by atoms with Crippen molar-refractivity contribution >= 4 is 110 Å². The Bertz CT molecular complexity index is 4120. The number of hydrogen-bond donors (Lipinski definition) is 0. The van der Waals surface area contributed by atoms with Crippen LogP contribution in [0.2, 0.25) is 0 Å². The molecule has 0 spiro atoms. The summed E-state index contributed by atoms with van der Waals surface area (Å²) in [5.41, 5.74) is 12.7. The SMILES string of the molecule is c1ccc(N2c3ccccc3Sc3c2n(-c2ccccc2)c2cccc(-c4cccc(-c5ccc(N(c6ccc7c(ccc8ccccc87)c6)c6ccc7sc8ccccc8c7c6)cc5)c4)c32)cc1. The first-order valence-corrected chi connectivity index (χ1v) is 25.0. The maximum atomic E-state index is 2.45. The summed E-state index contributed by atoms with van der Waals surface area (Å²) in [4.78, 5) is 7.34. The van der Waals surface area contributed by atoms with Crippen LogP contribution in [0.3, 0.4) is 0 Å². The fraction of sp³-hybridized carbons (Fsp3) is 0. The number of thiophene rings is 1. The van der Waals surface area contributed by atoms with Gasteiger partial charge in [-0.3, -0.25) is 9.47 Å². The first-order chi connectivity index (χ1) is 34.2. The van der Waals surface area contributed by atoms with E-state index in [9.17, 15) is 0 Å². The Kier molecular flexibility index (Phi) is 9.32. The third-order valence-corrected chi connectivity index (χ3v) is 16.0. The van der Waals surface area contributed by atoms with Crippen molar-refractivity contribution in [3.8, 4) is 27.9 Å². The molecule has 13 aromatic rings. The van der Waals surface area contributed by atoms with Crippen molar-refractivity contribution in [3.05, 3.63) is 249 Å². The molecule has 0 saturated heterocycles. The lowest BCUT2D eigenvalue weighted by atomic mass is 9.96. The lowest BCUT2D eigenvalue weighted by Gasteiger charge is -2.32. The van der Waals surface area contributed by atoms with Crippen LogP contribution in [0.15, 0.2) is 259 Å². The predicted octanol–water partition coefficient (Wildman–Crippen LogP) is 19.0. The lowest BCUT2D eigenvalue weighted by Crippen LogP contribution is -2.17. The van der Waals surface area contributed by atoms with Crippen LogP contribution in [0.1, 0.15) is 0 Å². The number of fused-ring (bicyclic) bond motifs is 10. The van der Waals surface area contributed by atoms with E-state index in [0.717, 1.165) is 34.3 Å². The molecule has 1 aliphatic rings. The molecule has 3 heterocycles. The molecule has 0 amide bonds. The molecule has 1 aliphatic heterocycles. The fourth-order valence-corrected chi connectivity index (χ4v) is 12.9. The molecule has 5 heteroatoms. The van der Waals surface area contributed by atoms with Crippen molar-refractivity contribution in [3.63, 3.8) is 0 Å². The first-order valence-electron chi connectivity index (χ1n) is 23.4. The van der Waals surface area contributed by atoms with E-state index in [1.54, 1.807) is 0 Å². The van der Waals surface area contributed by atoms with Gasteiger partial charge in [0.15, 0.2) is 0 Å². The van der Waals surface area contributed by atoms with E-state index >= 15 is 0 Å². The van der Waals surface area contributed by atoms with Crippen LogP contribution in [0, 0.1) is 0 Å². The number of para-hydroxylation sites is 3. The highest BCUT2D eigenvalue weighted by Gasteiger charge is 2.33. The summed E-state index contributed by atoms with van der Waals surface area (Å²) >= 11 is 3.73. The summed E-state index contributed by atoms with van der Waals surface area (Å²) in [5.74, 6) is 1.15. The van der Waals surface area contributed by atoms with Gasteiger partial charge in [-0.15, -0.1) is 11.3 Å². The second kappa shape index (κ2) is 16.2. The van der Waals surface area contributed by atoms with E-state index in [1.807, 2.05) is 23.1 Å². The van der Waals surface area contributed by atoms with E-state index in [1.165, 1.54) is 90.4 Å². The molecule has 69 heavy (non-hydrogen) atoms. The minimum Gasteiger partial charge on any atom is -0.310 e. The Balaban J connectivity index is 0.896. The average Bonchev–Trinajstić information content (AvgIpc) is 3.96. The van der Waals surface area contributed by atoms with E-state index in [0.29, 0.717) is 0 Å². The third-order valence-electron chi connectivity index (χ3n) is 13.7. The molecule has 0 N–H and O–H groups in total. The minimum atomic E-state index is 1.10. The summed E-state index contributed by atoms with van der Waals surface area (Å²) in [6.07, 6.45) is 0. The molecule has 324 valence electrons. The van der Waals surface area contributed by atoms with Crippen LogP contribution in [0.5, 0.6) is 0 Å². The summed E-state index contributed by atoms with van der Waals surface area (Å²) in [7, 11) is 0. The standard InChI is InChI=1S/C64H41N3S2/c1-3-18-47(19-4-1)66-57-25-10-12-28-61(57)69-63-62-54(24-14-26-58(62)67(64(63)66)48-20-5-2-6-21-48)45-17-13-16-44(39-45)42-31-33-49(34-32-42)65(51-36-38-60-56(41-51)55-23-9-11-27-59(55)68-60)50-35-37-53-46(40-50)30-29-43-15-7-8-22-52(43)53/h1-41H. The number of anilines is 6. The van der Waals surface area contributed by atoms with Crippen LogP contribution >= 0.6 is 23.1 Å². The van der Waals surface area contributed by atoms with Crippen molar-refractivity contribution in [2.45, 2.75) is 9.79 Å². The van der Waals surface area contributed by atoms with E-state index in [-0.39, 0.29) is 0 Å². The van der Waals surface area contributed by atoms with Gasteiger partial charge < -0.3 is 4.90 Å². The number of aromatic nitrogens is 1.